The van der Waals surface area contributed by atoms with Gasteiger partial charge in [-0.3, -0.25) is 4.79 Å². The molecule has 1 aliphatic carbocycles. The maximum absolute atomic E-state index is 12.2. The summed E-state index contributed by atoms with van der Waals surface area (Å²) < 4.78 is 1.80. The maximum atomic E-state index is 12.2. The van der Waals surface area contributed by atoms with Crippen LogP contribution in [0.3, 0.4) is 0 Å². The van der Waals surface area contributed by atoms with Crippen LogP contribution in [0.4, 0.5) is 0 Å². The minimum Gasteiger partial charge on any atom is -0.349 e. The van der Waals surface area contributed by atoms with Crippen LogP contribution in [0.15, 0.2) is 27.1 Å². The van der Waals surface area contributed by atoms with Crippen molar-refractivity contribution in [3.8, 4) is 0 Å². The van der Waals surface area contributed by atoms with Gasteiger partial charge in [0.2, 0.25) is 0 Å². The van der Waals surface area contributed by atoms with Gasteiger partial charge in [0.05, 0.1) is 5.56 Å². The topological polar surface area (TPSA) is 29.1 Å². The van der Waals surface area contributed by atoms with Gasteiger partial charge in [0.15, 0.2) is 0 Å². The van der Waals surface area contributed by atoms with Gasteiger partial charge >= 0.3 is 0 Å². The Kier molecular flexibility index (Phi) is 5.78. The maximum Gasteiger partial charge on any atom is 0.252 e. The van der Waals surface area contributed by atoms with Gasteiger partial charge in [-0.1, -0.05) is 15.9 Å². The summed E-state index contributed by atoms with van der Waals surface area (Å²) in [4.78, 5) is 12.2. The average Bonchev–Trinajstić information content (AvgIpc) is 2.39. The highest BCUT2D eigenvalue weighted by molar-refractivity contribution is 9.11. The van der Waals surface area contributed by atoms with Crippen molar-refractivity contribution in [2.45, 2.75) is 37.0 Å². The van der Waals surface area contributed by atoms with Crippen LogP contribution in [-0.2, 0) is 0 Å². The second-order valence-corrected chi connectivity index (χ2v) is 7.72. The third-order valence-electron chi connectivity index (χ3n) is 3.52. The Balaban J connectivity index is 1.94. The molecule has 0 bridgehead atoms. The predicted molar refractivity (Wildman–Crippen MR) is 88.9 cm³/mol. The minimum atomic E-state index is 0.0203. The summed E-state index contributed by atoms with van der Waals surface area (Å²) in [5, 5.41) is 3.92. The van der Waals surface area contributed by atoms with Crippen LogP contribution in [0.5, 0.6) is 0 Å². The van der Waals surface area contributed by atoms with E-state index in [1.165, 1.54) is 12.8 Å². The summed E-state index contributed by atoms with van der Waals surface area (Å²) in [6.45, 7) is 0. The molecule has 2 rings (SSSR count). The molecular weight excluding hydrogens is 390 g/mol. The van der Waals surface area contributed by atoms with E-state index >= 15 is 0 Å². The molecule has 1 aromatic rings. The summed E-state index contributed by atoms with van der Waals surface area (Å²) in [7, 11) is 0. The van der Waals surface area contributed by atoms with Crippen LogP contribution in [0.1, 0.15) is 36.0 Å². The Hall–Kier alpha value is -0.000000000000000111. The molecule has 1 saturated carbocycles. The standard InChI is InChI=1S/C14H17Br2NOS/c1-19-11-5-3-10(4-6-11)17-14(18)12-7-2-9(15)8-13(12)16/h2,7-8,10-11H,3-6H2,1H3,(H,17,18). The molecule has 0 aromatic heterocycles. The summed E-state index contributed by atoms with van der Waals surface area (Å²) in [6, 6.07) is 5.97. The van der Waals surface area contributed by atoms with E-state index in [4.69, 9.17) is 0 Å². The van der Waals surface area contributed by atoms with Crippen molar-refractivity contribution >= 4 is 49.5 Å². The second kappa shape index (κ2) is 7.14. The predicted octanol–water partition coefficient (Wildman–Crippen LogP) is 4.62. The third kappa shape index (κ3) is 4.23. The van der Waals surface area contributed by atoms with Crippen LogP contribution in [-0.4, -0.2) is 23.5 Å². The Morgan fingerprint density at radius 3 is 2.53 bits per heavy atom. The van der Waals surface area contributed by atoms with Gasteiger partial charge in [0.25, 0.3) is 5.91 Å². The molecule has 19 heavy (non-hydrogen) atoms. The molecule has 2 nitrogen and oxygen atoms in total. The molecule has 1 fully saturated rings. The zero-order chi connectivity index (χ0) is 13.8. The number of rotatable bonds is 3. The summed E-state index contributed by atoms with van der Waals surface area (Å²) in [5.41, 5.74) is 0.704. The average molecular weight is 407 g/mol. The fourth-order valence-electron chi connectivity index (χ4n) is 2.38. The van der Waals surface area contributed by atoms with Crippen molar-refractivity contribution < 1.29 is 4.79 Å². The third-order valence-corrected chi connectivity index (χ3v) is 5.81. The quantitative estimate of drug-likeness (QED) is 0.793. The van der Waals surface area contributed by atoms with Gasteiger partial charge in [-0.2, -0.15) is 11.8 Å². The zero-order valence-corrected chi connectivity index (χ0v) is 14.8. The van der Waals surface area contributed by atoms with E-state index in [2.05, 4.69) is 43.4 Å². The van der Waals surface area contributed by atoms with E-state index in [1.807, 2.05) is 30.0 Å². The van der Waals surface area contributed by atoms with E-state index in [9.17, 15) is 4.79 Å². The first kappa shape index (κ1) is 15.4. The number of halogens is 2. The van der Waals surface area contributed by atoms with Gasteiger partial charge < -0.3 is 5.32 Å². The van der Waals surface area contributed by atoms with Gasteiger partial charge in [-0.15, -0.1) is 0 Å². The number of nitrogens with one attached hydrogen (secondary N) is 1. The van der Waals surface area contributed by atoms with Crippen molar-refractivity contribution in [2.75, 3.05) is 6.26 Å². The normalized spacial score (nSPS) is 23.1. The van der Waals surface area contributed by atoms with Gasteiger partial charge in [-0.25, -0.2) is 0 Å². The number of benzene rings is 1. The monoisotopic (exact) mass is 405 g/mol. The summed E-state index contributed by atoms with van der Waals surface area (Å²) >= 11 is 8.78. The Morgan fingerprint density at radius 2 is 1.95 bits per heavy atom. The van der Waals surface area contributed by atoms with E-state index in [0.717, 1.165) is 27.0 Å². The molecule has 0 radical (unpaired) electrons. The number of amides is 1. The minimum absolute atomic E-state index is 0.0203. The molecular formula is C14H17Br2NOS. The highest BCUT2D eigenvalue weighted by atomic mass is 79.9. The van der Waals surface area contributed by atoms with Crippen LogP contribution >= 0.6 is 43.6 Å². The fraction of sp³-hybridized carbons (Fsp3) is 0.500. The molecule has 0 unspecified atom stereocenters. The summed E-state index contributed by atoms with van der Waals surface area (Å²) in [6.07, 6.45) is 6.75. The fourth-order valence-corrected chi connectivity index (χ4v) is 4.35. The Morgan fingerprint density at radius 1 is 1.26 bits per heavy atom. The first-order valence-corrected chi connectivity index (χ1v) is 9.26. The van der Waals surface area contributed by atoms with Crippen molar-refractivity contribution in [2.24, 2.45) is 0 Å². The molecule has 1 aliphatic rings. The van der Waals surface area contributed by atoms with Crippen LogP contribution in [0.2, 0.25) is 0 Å². The lowest BCUT2D eigenvalue weighted by molar-refractivity contribution is 0.0927. The molecule has 104 valence electrons. The molecule has 0 atom stereocenters. The molecule has 5 heteroatoms. The number of carbonyl (C=O) groups is 1. The van der Waals surface area contributed by atoms with Gasteiger partial charge in [0, 0.05) is 20.2 Å². The molecule has 1 amide bonds. The first-order chi connectivity index (χ1) is 9.10. The number of carbonyl (C=O) groups excluding carboxylic acids is 1. The Bertz CT molecular complexity index is 459. The molecule has 0 heterocycles. The molecule has 1 aromatic carbocycles. The number of hydrogen-bond acceptors (Lipinski definition) is 2. The van der Waals surface area contributed by atoms with Crippen LogP contribution < -0.4 is 5.32 Å². The van der Waals surface area contributed by atoms with E-state index in [1.54, 1.807) is 0 Å². The van der Waals surface area contributed by atoms with Crippen LogP contribution in [0.25, 0.3) is 0 Å². The highest BCUT2D eigenvalue weighted by Crippen LogP contribution is 2.27. The van der Waals surface area contributed by atoms with Gasteiger partial charge in [0.1, 0.15) is 0 Å². The smallest absolute Gasteiger partial charge is 0.252 e. The SMILES string of the molecule is CSC1CCC(NC(=O)c2ccc(Br)cc2Br)CC1. The van der Waals surface area contributed by atoms with Crippen LogP contribution in [0, 0.1) is 0 Å². The molecule has 0 saturated heterocycles. The molecule has 1 N–H and O–H groups in total. The largest absolute Gasteiger partial charge is 0.349 e. The van der Waals surface area contributed by atoms with E-state index < -0.39 is 0 Å². The molecule has 0 spiro atoms. The lowest BCUT2D eigenvalue weighted by atomic mass is 9.94. The lowest BCUT2D eigenvalue weighted by Gasteiger charge is -2.28. The number of hydrogen-bond donors (Lipinski definition) is 1. The van der Waals surface area contributed by atoms with E-state index in [-0.39, 0.29) is 5.91 Å². The Labute approximate surface area is 135 Å². The first-order valence-electron chi connectivity index (χ1n) is 6.39. The lowest BCUT2D eigenvalue weighted by Crippen LogP contribution is -2.38. The zero-order valence-electron chi connectivity index (χ0n) is 10.8. The van der Waals surface area contributed by atoms with Crippen molar-refractivity contribution in [3.05, 3.63) is 32.7 Å². The van der Waals surface area contributed by atoms with E-state index in [0.29, 0.717) is 11.6 Å². The van der Waals surface area contributed by atoms with Crippen molar-refractivity contribution in [3.63, 3.8) is 0 Å². The van der Waals surface area contributed by atoms with Crippen molar-refractivity contribution in [1.82, 2.24) is 5.32 Å². The molecule has 0 aliphatic heterocycles. The van der Waals surface area contributed by atoms with Crippen molar-refractivity contribution in [1.29, 1.82) is 0 Å². The highest BCUT2D eigenvalue weighted by Gasteiger charge is 2.22. The number of thioether (sulfide) groups is 1. The van der Waals surface area contributed by atoms with Gasteiger partial charge in [-0.05, 0) is 66.1 Å². The summed E-state index contributed by atoms with van der Waals surface area (Å²) in [5.74, 6) is 0.0203. The second-order valence-electron chi connectivity index (χ2n) is 4.81.